The number of guanidine groups is 1. The van der Waals surface area contributed by atoms with Crippen LogP contribution in [-0.2, 0) is 11.2 Å². The highest BCUT2D eigenvalue weighted by atomic mass is 16.5. The Morgan fingerprint density at radius 3 is 2.90 bits per heavy atom. The zero-order valence-corrected chi connectivity index (χ0v) is 13.3. The van der Waals surface area contributed by atoms with Gasteiger partial charge in [-0.15, -0.1) is 0 Å². The molecular formula is C17H27N3O. The molecule has 0 fully saturated rings. The monoisotopic (exact) mass is 289 g/mol. The molecule has 0 saturated heterocycles. The first kappa shape index (κ1) is 15.8. The van der Waals surface area contributed by atoms with Gasteiger partial charge in [-0.1, -0.05) is 31.5 Å². The molecule has 1 N–H and O–H groups in total. The van der Waals surface area contributed by atoms with Gasteiger partial charge in [-0.05, 0) is 30.9 Å². The Hall–Kier alpha value is -1.55. The van der Waals surface area contributed by atoms with Crippen molar-refractivity contribution in [1.29, 1.82) is 0 Å². The predicted octanol–water partition coefficient (Wildman–Crippen LogP) is 2.83. The summed E-state index contributed by atoms with van der Waals surface area (Å²) in [6, 6.07) is 8.56. The lowest BCUT2D eigenvalue weighted by Crippen LogP contribution is -2.41. The van der Waals surface area contributed by atoms with Gasteiger partial charge in [-0.2, -0.15) is 0 Å². The molecule has 116 valence electrons. The highest BCUT2D eigenvalue weighted by Crippen LogP contribution is 2.27. The average molecular weight is 289 g/mol. The zero-order valence-electron chi connectivity index (χ0n) is 13.3. The van der Waals surface area contributed by atoms with Crippen LogP contribution in [-0.4, -0.2) is 39.3 Å². The normalized spacial score (nSPS) is 14.4. The number of anilines is 1. The molecule has 0 saturated carbocycles. The van der Waals surface area contributed by atoms with E-state index in [-0.39, 0.29) is 0 Å². The summed E-state index contributed by atoms with van der Waals surface area (Å²) in [5.74, 6) is 0.966. The smallest absolute Gasteiger partial charge is 0.198 e. The number of aliphatic imine (C=N–C) groups is 1. The third-order valence-electron chi connectivity index (χ3n) is 3.75. The van der Waals surface area contributed by atoms with Crippen molar-refractivity contribution < 1.29 is 4.74 Å². The van der Waals surface area contributed by atoms with Crippen molar-refractivity contribution in [1.82, 2.24) is 5.32 Å². The first-order valence-electron chi connectivity index (χ1n) is 8.00. The number of fused-ring (bicyclic) bond motifs is 1. The fraction of sp³-hybridized carbons (Fsp3) is 0.588. The number of para-hydroxylation sites is 1. The molecule has 1 aromatic rings. The van der Waals surface area contributed by atoms with Gasteiger partial charge in [0.25, 0.3) is 0 Å². The molecule has 0 aliphatic carbocycles. The quantitative estimate of drug-likeness (QED) is 0.476. The molecule has 4 heteroatoms. The molecule has 0 atom stereocenters. The molecular weight excluding hydrogens is 262 g/mol. The van der Waals surface area contributed by atoms with Gasteiger partial charge < -0.3 is 15.0 Å². The van der Waals surface area contributed by atoms with E-state index in [0.717, 1.165) is 51.5 Å². The summed E-state index contributed by atoms with van der Waals surface area (Å²) in [6.45, 7) is 5.79. The second-order valence-electron chi connectivity index (χ2n) is 5.32. The number of rotatable bonds is 7. The van der Waals surface area contributed by atoms with E-state index in [4.69, 9.17) is 4.74 Å². The maximum absolute atomic E-state index is 5.58. The van der Waals surface area contributed by atoms with Crippen molar-refractivity contribution in [2.45, 2.75) is 32.6 Å². The number of nitrogens with zero attached hydrogens (tertiary/aromatic N) is 2. The number of unbranched alkanes of at least 4 members (excludes halogenated alkanes) is 1. The molecule has 2 rings (SSSR count). The molecule has 1 heterocycles. The Balaban J connectivity index is 1.75. The Morgan fingerprint density at radius 2 is 2.10 bits per heavy atom. The predicted molar refractivity (Wildman–Crippen MR) is 89.2 cm³/mol. The van der Waals surface area contributed by atoms with Crippen LogP contribution in [0.15, 0.2) is 29.3 Å². The summed E-state index contributed by atoms with van der Waals surface area (Å²) in [6.07, 6.45) is 4.45. The number of hydrogen-bond acceptors (Lipinski definition) is 2. The molecule has 21 heavy (non-hydrogen) atoms. The maximum Gasteiger partial charge on any atom is 0.198 e. The van der Waals surface area contributed by atoms with Crippen LogP contribution in [0.25, 0.3) is 0 Å². The van der Waals surface area contributed by atoms with Crippen molar-refractivity contribution in [2.75, 3.05) is 38.3 Å². The summed E-state index contributed by atoms with van der Waals surface area (Å²) in [5, 5.41) is 3.44. The van der Waals surface area contributed by atoms with E-state index >= 15 is 0 Å². The molecule has 0 unspecified atom stereocenters. The van der Waals surface area contributed by atoms with E-state index in [1.807, 2.05) is 7.05 Å². The Kier molecular flexibility index (Phi) is 6.54. The van der Waals surface area contributed by atoms with E-state index in [1.54, 1.807) is 0 Å². The standard InChI is InChI=1S/C17H27N3O/c1-3-4-13-21-14-7-11-19-17(18-2)20-12-10-15-8-5-6-9-16(15)20/h5-6,8-9H,3-4,7,10-14H2,1-2H3,(H,18,19). The lowest BCUT2D eigenvalue weighted by atomic mass is 10.2. The van der Waals surface area contributed by atoms with Crippen LogP contribution in [0.5, 0.6) is 0 Å². The number of nitrogens with one attached hydrogen (secondary N) is 1. The fourth-order valence-corrected chi connectivity index (χ4v) is 2.58. The third-order valence-corrected chi connectivity index (χ3v) is 3.75. The molecule has 1 aliphatic heterocycles. The van der Waals surface area contributed by atoms with Crippen LogP contribution in [0.3, 0.4) is 0 Å². The number of hydrogen-bond donors (Lipinski definition) is 1. The van der Waals surface area contributed by atoms with Crippen LogP contribution in [0.2, 0.25) is 0 Å². The summed E-state index contributed by atoms with van der Waals surface area (Å²) in [7, 11) is 1.85. The van der Waals surface area contributed by atoms with E-state index < -0.39 is 0 Å². The van der Waals surface area contributed by atoms with Gasteiger partial charge in [-0.25, -0.2) is 0 Å². The molecule has 0 spiro atoms. The van der Waals surface area contributed by atoms with Crippen LogP contribution in [0, 0.1) is 0 Å². The van der Waals surface area contributed by atoms with E-state index in [2.05, 4.69) is 46.4 Å². The van der Waals surface area contributed by atoms with Crippen molar-refractivity contribution in [2.24, 2.45) is 4.99 Å². The van der Waals surface area contributed by atoms with Crippen molar-refractivity contribution in [3.63, 3.8) is 0 Å². The van der Waals surface area contributed by atoms with E-state index in [0.29, 0.717) is 0 Å². The lowest BCUT2D eigenvalue weighted by Gasteiger charge is -2.22. The summed E-state index contributed by atoms with van der Waals surface area (Å²) < 4.78 is 5.58. The second kappa shape index (κ2) is 8.67. The van der Waals surface area contributed by atoms with Gasteiger partial charge in [0, 0.05) is 39.0 Å². The maximum atomic E-state index is 5.58. The second-order valence-corrected chi connectivity index (χ2v) is 5.32. The largest absolute Gasteiger partial charge is 0.381 e. The van der Waals surface area contributed by atoms with Crippen LogP contribution in [0.4, 0.5) is 5.69 Å². The lowest BCUT2D eigenvalue weighted by molar-refractivity contribution is 0.129. The number of benzene rings is 1. The van der Waals surface area contributed by atoms with Crippen LogP contribution >= 0.6 is 0 Å². The van der Waals surface area contributed by atoms with E-state index in [9.17, 15) is 0 Å². The Morgan fingerprint density at radius 1 is 1.29 bits per heavy atom. The zero-order chi connectivity index (χ0) is 14.9. The van der Waals surface area contributed by atoms with Gasteiger partial charge in [0.05, 0.1) is 0 Å². The molecule has 4 nitrogen and oxygen atoms in total. The summed E-state index contributed by atoms with van der Waals surface area (Å²) in [4.78, 5) is 6.68. The van der Waals surface area contributed by atoms with Crippen molar-refractivity contribution >= 4 is 11.6 Å². The van der Waals surface area contributed by atoms with Gasteiger partial charge in [-0.3, -0.25) is 4.99 Å². The molecule has 0 amide bonds. The Labute approximate surface area is 128 Å². The van der Waals surface area contributed by atoms with Gasteiger partial charge in [0.2, 0.25) is 0 Å². The topological polar surface area (TPSA) is 36.9 Å². The molecule has 0 radical (unpaired) electrons. The van der Waals surface area contributed by atoms with Crippen LogP contribution < -0.4 is 10.2 Å². The van der Waals surface area contributed by atoms with Gasteiger partial charge >= 0.3 is 0 Å². The molecule has 0 aromatic heterocycles. The SMILES string of the molecule is CCCCOCCCNC(=NC)N1CCc2ccccc21. The van der Waals surface area contributed by atoms with Crippen LogP contribution in [0.1, 0.15) is 31.7 Å². The first-order chi connectivity index (χ1) is 10.4. The Bertz CT molecular complexity index is 459. The minimum absolute atomic E-state index is 0.820. The summed E-state index contributed by atoms with van der Waals surface area (Å²) in [5.41, 5.74) is 2.69. The highest BCUT2D eigenvalue weighted by Gasteiger charge is 2.21. The first-order valence-corrected chi connectivity index (χ1v) is 8.00. The average Bonchev–Trinajstić information content (AvgIpc) is 2.94. The number of ether oxygens (including phenoxy) is 1. The van der Waals surface area contributed by atoms with Gasteiger partial charge in [0.15, 0.2) is 5.96 Å². The summed E-state index contributed by atoms with van der Waals surface area (Å²) >= 11 is 0. The highest BCUT2D eigenvalue weighted by molar-refractivity contribution is 5.97. The molecule has 0 bridgehead atoms. The minimum Gasteiger partial charge on any atom is -0.381 e. The molecule has 1 aliphatic rings. The third kappa shape index (κ3) is 4.46. The minimum atomic E-state index is 0.820. The van der Waals surface area contributed by atoms with E-state index in [1.165, 1.54) is 17.7 Å². The molecule has 1 aromatic carbocycles. The fourth-order valence-electron chi connectivity index (χ4n) is 2.58. The van der Waals surface area contributed by atoms with Crippen molar-refractivity contribution in [3.05, 3.63) is 29.8 Å². The van der Waals surface area contributed by atoms with Crippen molar-refractivity contribution in [3.8, 4) is 0 Å². The van der Waals surface area contributed by atoms with Gasteiger partial charge in [0.1, 0.15) is 0 Å².